The molecule has 6 heteroatoms. The molecule has 0 amide bonds. The van der Waals surface area contributed by atoms with Crippen LogP contribution in [0.5, 0.6) is 17.2 Å². The summed E-state index contributed by atoms with van der Waals surface area (Å²) < 4.78 is 22.9. The van der Waals surface area contributed by atoms with Crippen molar-refractivity contribution in [2.24, 2.45) is 0 Å². The van der Waals surface area contributed by atoms with Crippen LogP contribution in [0.4, 0.5) is 0 Å². The van der Waals surface area contributed by atoms with Gasteiger partial charge in [0.1, 0.15) is 17.2 Å². The van der Waals surface area contributed by atoms with Crippen molar-refractivity contribution in [2.75, 3.05) is 26.4 Å². The fraction of sp³-hybridized carbons (Fsp3) is 0.317. The van der Waals surface area contributed by atoms with Crippen molar-refractivity contribution in [3.8, 4) is 28.4 Å². The molecule has 0 saturated heterocycles. The zero-order chi connectivity index (χ0) is 32.9. The van der Waals surface area contributed by atoms with Gasteiger partial charge in [-0.25, -0.2) is 4.79 Å². The lowest BCUT2D eigenvalue weighted by atomic mass is 10.1. The Bertz CT molecular complexity index is 1500. The molecule has 0 fully saturated rings. The Morgan fingerprint density at radius 1 is 0.596 bits per heavy atom. The summed E-state index contributed by atoms with van der Waals surface area (Å²) in [4.78, 5) is 15.7. The van der Waals surface area contributed by atoms with Crippen molar-refractivity contribution in [1.29, 1.82) is 0 Å². The number of pyridine rings is 1. The van der Waals surface area contributed by atoms with Crippen molar-refractivity contribution < 1.29 is 23.7 Å². The Kier molecular flexibility index (Phi) is 15.1. The quantitative estimate of drug-likeness (QED) is 0.0517. The van der Waals surface area contributed by atoms with E-state index in [0.29, 0.717) is 25.4 Å². The normalized spacial score (nSPS) is 10.9. The Balaban J connectivity index is 1.02. The third kappa shape index (κ3) is 13.6. The van der Waals surface area contributed by atoms with Crippen LogP contribution in [0.2, 0.25) is 0 Å². The minimum Gasteiger partial charge on any atom is -0.494 e. The number of ether oxygens (including phenoxy) is 4. The zero-order valence-electron chi connectivity index (χ0n) is 27.6. The average molecular weight is 634 g/mol. The smallest absolute Gasteiger partial charge is 0.333 e. The van der Waals surface area contributed by atoms with Crippen molar-refractivity contribution in [1.82, 2.24) is 4.98 Å². The van der Waals surface area contributed by atoms with Gasteiger partial charge in [-0.2, -0.15) is 0 Å². The molecule has 246 valence electrons. The maximum Gasteiger partial charge on any atom is 0.333 e. The molecule has 0 aliphatic heterocycles. The van der Waals surface area contributed by atoms with Crippen LogP contribution >= 0.6 is 0 Å². The largest absolute Gasteiger partial charge is 0.494 e. The summed E-state index contributed by atoms with van der Waals surface area (Å²) in [5.74, 6) is 2.35. The molecule has 0 bridgehead atoms. The van der Waals surface area contributed by atoms with Gasteiger partial charge in [-0.1, -0.05) is 55.1 Å². The van der Waals surface area contributed by atoms with Crippen LogP contribution in [0.25, 0.3) is 23.3 Å². The number of hydrogen-bond acceptors (Lipinski definition) is 6. The number of nitrogens with zero attached hydrogens (tertiary/aromatic N) is 1. The van der Waals surface area contributed by atoms with Crippen LogP contribution in [0.3, 0.4) is 0 Å². The average Bonchev–Trinajstić information content (AvgIpc) is 3.11. The summed E-state index contributed by atoms with van der Waals surface area (Å²) >= 11 is 0. The molecule has 0 aliphatic carbocycles. The van der Waals surface area contributed by atoms with Crippen LogP contribution in [0.15, 0.2) is 109 Å². The second-order valence-electron chi connectivity index (χ2n) is 11.5. The van der Waals surface area contributed by atoms with E-state index in [1.54, 1.807) is 13.1 Å². The first kappa shape index (κ1) is 35.0. The lowest BCUT2D eigenvalue weighted by Crippen LogP contribution is -2.06. The SMILES string of the molecule is C=C(C)C(=O)OCCCCCCOc1ccc(-c2ccc(OCCCCCCOc3ccc(/C=C/c4ccccn4)cc3)cc2)cc1. The van der Waals surface area contributed by atoms with Gasteiger partial charge in [-0.3, -0.25) is 4.98 Å². The molecule has 0 radical (unpaired) electrons. The number of aromatic nitrogens is 1. The number of carbonyl (C=O) groups excluding carboxylic acids is 1. The molecule has 47 heavy (non-hydrogen) atoms. The van der Waals surface area contributed by atoms with Gasteiger partial charge in [0.2, 0.25) is 0 Å². The molecular weight excluding hydrogens is 586 g/mol. The van der Waals surface area contributed by atoms with Gasteiger partial charge >= 0.3 is 5.97 Å². The Hall–Kier alpha value is -4.84. The highest BCUT2D eigenvalue weighted by Crippen LogP contribution is 2.25. The van der Waals surface area contributed by atoms with E-state index in [4.69, 9.17) is 18.9 Å². The third-order valence-electron chi connectivity index (χ3n) is 7.52. The molecule has 4 aromatic rings. The first-order chi connectivity index (χ1) is 23.1. The summed E-state index contributed by atoms with van der Waals surface area (Å²) in [6.07, 6.45) is 14.0. The number of carbonyl (C=O) groups is 1. The molecule has 0 unspecified atom stereocenters. The fourth-order valence-corrected chi connectivity index (χ4v) is 4.79. The van der Waals surface area contributed by atoms with Crippen molar-refractivity contribution >= 4 is 18.1 Å². The standard InChI is InChI=1S/C41H47NO5/c1-33(2)41(43)47-32-12-6-5-11-31-46-40-26-19-36(20-27-40)35-17-24-39(25-18-35)45-30-10-4-3-9-29-44-38-22-15-34(16-23-38)14-21-37-13-7-8-28-42-37/h7-8,13-28H,1,3-6,9-12,29-32H2,2H3/b21-14+. The van der Waals surface area contributed by atoms with E-state index in [1.807, 2.05) is 60.7 Å². The lowest BCUT2D eigenvalue weighted by Gasteiger charge is -2.09. The van der Waals surface area contributed by atoms with E-state index in [1.165, 1.54) is 0 Å². The topological polar surface area (TPSA) is 66.9 Å². The first-order valence-corrected chi connectivity index (χ1v) is 16.7. The molecule has 1 aromatic heterocycles. The van der Waals surface area contributed by atoms with E-state index in [9.17, 15) is 4.79 Å². The number of benzene rings is 3. The summed E-state index contributed by atoms with van der Waals surface area (Å²) in [6.45, 7) is 7.79. The van der Waals surface area contributed by atoms with E-state index in [2.05, 4.69) is 54.0 Å². The number of rotatable bonds is 21. The maximum absolute atomic E-state index is 11.4. The molecule has 0 aliphatic rings. The summed E-state index contributed by atoms with van der Waals surface area (Å²) in [5.41, 5.74) is 4.79. The molecule has 3 aromatic carbocycles. The zero-order valence-corrected chi connectivity index (χ0v) is 27.6. The van der Waals surface area contributed by atoms with Crippen LogP contribution in [-0.2, 0) is 9.53 Å². The minimum absolute atomic E-state index is 0.314. The molecule has 0 N–H and O–H groups in total. The van der Waals surface area contributed by atoms with E-state index in [0.717, 1.165) is 97.6 Å². The van der Waals surface area contributed by atoms with Gasteiger partial charge in [-0.15, -0.1) is 0 Å². The lowest BCUT2D eigenvalue weighted by molar-refractivity contribution is -0.139. The Labute approximate surface area is 280 Å². The Morgan fingerprint density at radius 2 is 1.06 bits per heavy atom. The van der Waals surface area contributed by atoms with E-state index in [-0.39, 0.29) is 5.97 Å². The predicted molar refractivity (Wildman–Crippen MR) is 191 cm³/mol. The van der Waals surface area contributed by atoms with Gasteiger partial charge in [0.05, 0.1) is 32.1 Å². The van der Waals surface area contributed by atoms with Crippen molar-refractivity contribution in [3.63, 3.8) is 0 Å². The first-order valence-electron chi connectivity index (χ1n) is 16.7. The summed E-state index contributed by atoms with van der Waals surface area (Å²) in [5, 5.41) is 0. The highest BCUT2D eigenvalue weighted by atomic mass is 16.5. The highest BCUT2D eigenvalue weighted by molar-refractivity contribution is 5.86. The molecule has 4 rings (SSSR count). The monoisotopic (exact) mass is 633 g/mol. The van der Waals surface area contributed by atoms with Gasteiger partial charge < -0.3 is 18.9 Å². The second-order valence-corrected chi connectivity index (χ2v) is 11.5. The number of esters is 1. The van der Waals surface area contributed by atoms with Crippen LogP contribution < -0.4 is 14.2 Å². The molecule has 6 nitrogen and oxygen atoms in total. The van der Waals surface area contributed by atoms with Gasteiger partial charge in [-0.05, 0) is 130 Å². The Morgan fingerprint density at radius 3 is 1.51 bits per heavy atom. The molecule has 0 atom stereocenters. The van der Waals surface area contributed by atoms with Crippen LogP contribution in [-0.4, -0.2) is 37.4 Å². The van der Waals surface area contributed by atoms with Crippen molar-refractivity contribution in [2.45, 2.75) is 58.3 Å². The molecular formula is C41H47NO5. The summed E-state index contributed by atoms with van der Waals surface area (Å²) in [6, 6.07) is 30.5. The summed E-state index contributed by atoms with van der Waals surface area (Å²) in [7, 11) is 0. The predicted octanol–water partition coefficient (Wildman–Crippen LogP) is 10.00. The van der Waals surface area contributed by atoms with Crippen LogP contribution in [0.1, 0.15) is 69.5 Å². The third-order valence-corrected chi connectivity index (χ3v) is 7.52. The molecule has 1 heterocycles. The van der Waals surface area contributed by atoms with Gasteiger partial charge in [0.15, 0.2) is 0 Å². The van der Waals surface area contributed by atoms with E-state index < -0.39 is 0 Å². The number of unbranched alkanes of at least 4 members (excludes halogenated alkanes) is 6. The van der Waals surface area contributed by atoms with Crippen LogP contribution in [0, 0.1) is 0 Å². The minimum atomic E-state index is -0.314. The second kappa shape index (κ2) is 20.3. The molecule has 0 saturated carbocycles. The van der Waals surface area contributed by atoms with Crippen molar-refractivity contribution in [3.05, 3.63) is 121 Å². The van der Waals surface area contributed by atoms with E-state index >= 15 is 0 Å². The highest BCUT2D eigenvalue weighted by Gasteiger charge is 2.03. The fourth-order valence-electron chi connectivity index (χ4n) is 4.79. The molecule has 0 spiro atoms. The van der Waals surface area contributed by atoms with Gasteiger partial charge in [0, 0.05) is 11.8 Å². The number of hydrogen-bond donors (Lipinski definition) is 0. The maximum atomic E-state index is 11.4. The van der Waals surface area contributed by atoms with Gasteiger partial charge in [0.25, 0.3) is 0 Å².